The Kier molecular flexibility index (Phi) is 3.31. The molecule has 1 amide bonds. The molecule has 0 spiro atoms. The highest BCUT2D eigenvalue weighted by Gasteiger charge is 2.39. The van der Waals surface area contributed by atoms with Crippen molar-refractivity contribution >= 4 is 11.6 Å². The van der Waals surface area contributed by atoms with Crippen LogP contribution in [0.1, 0.15) is 38.2 Å². The van der Waals surface area contributed by atoms with Gasteiger partial charge in [-0.3, -0.25) is 4.79 Å². The van der Waals surface area contributed by atoms with Crippen molar-refractivity contribution in [2.75, 3.05) is 18.0 Å². The van der Waals surface area contributed by atoms with Gasteiger partial charge in [-0.15, -0.1) is 0 Å². The zero-order chi connectivity index (χ0) is 13.3. The molecule has 1 N–H and O–H groups in total. The molecule has 0 saturated carbocycles. The van der Waals surface area contributed by atoms with E-state index >= 15 is 0 Å². The standard InChI is InChI=1S/C16H22N2O/c1-16(10-6-11-17-16)15(19)18-12-5-4-8-13-7-2-3-9-14(13)18/h2-3,7,9,17H,4-6,8,10-12H2,1H3. The fourth-order valence-electron chi connectivity index (χ4n) is 3.28. The van der Waals surface area contributed by atoms with Gasteiger partial charge in [-0.25, -0.2) is 0 Å². The predicted molar refractivity (Wildman–Crippen MR) is 77.4 cm³/mol. The van der Waals surface area contributed by atoms with Crippen molar-refractivity contribution in [3.8, 4) is 0 Å². The van der Waals surface area contributed by atoms with E-state index in [2.05, 4.69) is 30.4 Å². The van der Waals surface area contributed by atoms with Crippen molar-refractivity contribution in [2.45, 2.75) is 44.6 Å². The maximum absolute atomic E-state index is 12.9. The SMILES string of the molecule is CC1(C(=O)N2CCCCc3ccccc32)CCCN1. The lowest BCUT2D eigenvalue weighted by Crippen LogP contribution is -2.53. The molecular weight excluding hydrogens is 236 g/mol. The van der Waals surface area contributed by atoms with Crippen LogP contribution in [0.25, 0.3) is 0 Å². The van der Waals surface area contributed by atoms with Gasteiger partial charge in [0.2, 0.25) is 5.91 Å². The number of carbonyl (C=O) groups excluding carboxylic acids is 1. The van der Waals surface area contributed by atoms with Crippen LogP contribution in [0.3, 0.4) is 0 Å². The van der Waals surface area contributed by atoms with Gasteiger partial charge in [-0.05, 0) is 57.2 Å². The Morgan fingerprint density at radius 2 is 2.11 bits per heavy atom. The number of nitrogens with zero attached hydrogens (tertiary/aromatic N) is 1. The highest BCUT2D eigenvalue weighted by molar-refractivity contribution is 6.00. The molecule has 3 rings (SSSR count). The highest BCUT2D eigenvalue weighted by atomic mass is 16.2. The quantitative estimate of drug-likeness (QED) is 0.839. The van der Waals surface area contributed by atoms with Gasteiger partial charge in [-0.2, -0.15) is 0 Å². The molecule has 1 atom stereocenters. The Morgan fingerprint density at radius 1 is 1.26 bits per heavy atom. The molecular formula is C16H22N2O. The van der Waals surface area contributed by atoms with Gasteiger partial charge in [0.25, 0.3) is 0 Å². The molecule has 1 unspecified atom stereocenters. The third-order valence-electron chi connectivity index (χ3n) is 4.45. The molecule has 3 nitrogen and oxygen atoms in total. The van der Waals surface area contributed by atoms with Crippen molar-refractivity contribution in [1.29, 1.82) is 0 Å². The first-order valence-electron chi connectivity index (χ1n) is 7.36. The largest absolute Gasteiger partial charge is 0.311 e. The molecule has 2 aliphatic rings. The normalized spacial score (nSPS) is 26.9. The van der Waals surface area contributed by atoms with Crippen LogP contribution in [0, 0.1) is 0 Å². The number of rotatable bonds is 1. The molecule has 3 heteroatoms. The molecule has 0 aromatic heterocycles. The van der Waals surface area contributed by atoms with E-state index in [1.165, 1.54) is 12.0 Å². The van der Waals surface area contributed by atoms with Crippen LogP contribution in [0.2, 0.25) is 0 Å². The van der Waals surface area contributed by atoms with Crippen LogP contribution in [0.15, 0.2) is 24.3 Å². The number of hydrogen-bond donors (Lipinski definition) is 1. The van der Waals surface area contributed by atoms with Crippen molar-refractivity contribution in [3.05, 3.63) is 29.8 Å². The number of amides is 1. The molecule has 1 saturated heterocycles. The molecule has 19 heavy (non-hydrogen) atoms. The smallest absolute Gasteiger partial charge is 0.247 e. The first-order valence-corrected chi connectivity index (χ1v) is 7.36. The van der Waals surface area contributed by atoms with Crippen molar-refractivity contribution in [2.24, 2.45) is 0 Å². The van der Waals surface area contributed by atoms with Gasteiger partial charge < -0.3 is 10.2 Å². The lowest BCUT2D eigenvalue weighted by molar-refractivity contribution is -0.123. The number of nitrogens with one attached hydrogen (secondary N) is 1. The van der Waals surface area contributed by atoms with Crippen LogP contribution >= 0.6 is 0 Å². The van der Waals surface area contributed by atoms with E-state index in [1.54, 1.807) is 0 Å². The Balaban J connectivity index is 1.94. The number of fused-ring (bicyclic) bond motifs is 1. The van der Waals surface area contributed by atoms with Gasteiger partial charge >= 0.3 is 0 Å². The van der Waals surface area contributed by atoms with E-state index in [-0.39, 0.29) is 11.4 Å². The monoisotopic (exact) mass is 258 g/mol. The number of anilines is 1. The lowest BCUT2D eigenvalue weighted by atomic mass is 9.97. The summed E-state index contributed by atoms with van der Waals surface area (Å²) in [4.78, 5) is 14.9. The van der Waals surface area contributed by atoms with Crippen molar-refractivity contribution in [3.63, 3.8) is 0 Å². The highest BCUT2D eigenvalue weighted by Crippen LogP contribution is 2.30. The maximum Gasteiger partial charge on any atom is 0.247 e. The topological polar surface area (TPSA) is 32.3 Å². The molecule has 2 aliphatic heterocycles. The van der Waals surface area contributed by atoms with Crippen molar-refractivity contribution in [1.82, 2.24) is 5.32 Å². The van der Waals surface area contributed by atoms with Crippen LogP contribution < -0.4 is 10.2 Å². The lowest BCUT2D eigenvalue weighted by Gasteiger charge is -2.32. The molecule has 2 heterocycles. The average Bonchev–Trinajstić information content (AvgIpc) is 2.76. The van der Waals surface area contributed by atoms with Gasteiger partial charge in [0, 0.05) is 12.2 Å². The first kappa shape index (κ1) is 12.7. The Morgan fingerprint density at radius 3 is 2.89 bits per heavy atom. The number of benzene rings is 1. The van der Waals surface area contributed by atoms with Crippen LogP contribution in [-0.4, -0.2) is 24.5 Å². The van der Waals surface area contributed by atoms with Crippen LogP contribution in [0.5, 0.6) is 0 Å². The van der Waals surface area contributed by atoms with Gasteiger partial charge in [0.05, 0.1) is 5.54 Å². The summed E-state index contributed by atoms with van der Waals surface area (Å²) in [6, 6.07) is 8.36. The fourth-order valence-corrected chi connectivity index (χ4v) is 3.28. The third kappa shape index (κ3) is 2.27. The number of carbonyl (C=O) groups is 1. The van der Waals surface area contributed by atoms with Gasteiger partial charge in [0.15, 0.2) is 0 Å². The van der Waals surface area contributed by atoms with E-state index in [0.29, 0.717) is 0 Å². The molecule has 0 aliphatic carbocycles. The van der Waals surface area contributed by atoms with Crippen LogP contribution in [0.4, 0.5) is 5.69 Å². The second kappa shape index (κ2) is 4.97. The van der Waals surface area contributed by atoms with Gasteiger partial charge in [0.1, 0.15) is 0 Å². The summed E-state index contributed by atoms with van der Waals surface area (Å²) in [5, 5.41) is 3.39. The summed E-state index contributed by atoms with van der Waals surface area (Å²) in [7, 11) is 0. The summed E-state index contributed by atoms with van der Waals surface area (Å²) in [5.74, 6) is 0.249. The van der Waals surface area contributed by atoms with Crippen LogP contribution in [-0.2, 0) is 11.2 Å². The summed E-state index contributed by atoms with van der Waals surface area (Å²) in [5.41, 5.74) is 2.08. The predicted octanol–water partition coefficient (Wildman–Crippen LogP) is 2.50. The second-order valence-corrected chi connectivity index (χ2v) is 5.91. The van der Waals surface area contributed by atoms with E-state index in [0.717, 1.165) is 44.5 Å². The number of para-hydroxylation sites is 1. The molecule has 102 valence electrons. The minimum Gasteiger partial charge on any atom is -0.311 e. The molecule has 0 radical (unpaired) electrons. The number of aryl methyl sites for hydroxylation is 1. The molecule has 1 fully saturated rings. The Labute approximate surface area is 115 Å². The second-order valence-electron chi connectivity index (χ2n) is 5.91. The van der Waals surface area contributed by atoms with E-state index in [1.807, 2.05) is 11.0 Å². The minimum absolute atomic E-state index is 0.249. The Bertz CT molecular complexity index is 477. The molecule has 0 bridgehead atoms. The molecule has 1 aromatic carbocycles. The first-order chi connectivity index (χ1) is 9.21. The third-order valence-corrected chi connectivity index (χ3v) is 4.45. The van der Waals surface area contributed by atoms with E-state index in [4.69, 9.17) is 0 Å². The maximum atomic E-state index is 12.9. The van der Waals surface area contributed by atoms with Crippen molar-refractivity contribution < 1.29 is 4.79 Å². The summed E-state index contributed by atoms with van der Waals surface area (Å²) in [6.07, 6.45) is 5.40. The molecule has 1 aromatic rings. The fraction of sp³-hybridized carbons (Fsp3) is 0.562. The summed E-state index contributed by atoms with van der Waals surface area (Å²) < 4.78 is 0. The average molecular weight is 258 g/mol. The summed E-state index contributed by atoms with van der Waals surface area (Å²) in [6.45, 7) is 3.86. The van der Waals surface area contributed by atoms with Gasteiger partial charge in [-0.1, -0.05) is 18.2 Å². The van der Waals surface area contributed by atoms with E-state index in [9.17, 15) is 4.79 Å². The number of hydrogen-bond acceptors (Lipinski definition) is 2. The summed E-state index contributed by atoms with van der Waals surface area (Å²) >= 11 is 0. The minimum atomic E-state index is -0.364. The Hall–Kier alpha value is -1.35. The zero-order valence-corrected chi connectivity index (χ0v) is 11.6. The van der Waals surface area contributed by atoms with E-state index < -0.39 is 0 Å². The zero-order valence-electron chi connectivity index (χ0n) is 11.6.